The molecule has 0 aliphatic carbocycles. The Balaban J connectivity index is 1.23. The van der Waals surface area contributed by atoms with Crippen LogP contribution in [0.15, 0.2) is 101 Å². The quantitative estimate of drug-likeness (QED) is 0.182. The number of fused-ring (bicyclic) bond motifs is 8. The highest BCUT2D eigenvalue weighted by molar-refractivity contribution is 9.10. The van der Waals surface area contributed by atoms with Crippen LogP contribution < -0.4 is 5.32 Å². The molecule has 3 N–H and O–H groups in total. The Hall–Kier alpha value is -4.35. The second-order valence-electron chi connectivity index (χ2n) is 10.4. The number of aryl methyl sites for hydroxylation is 1. The van der Waals surface area contributed by atoms with Crippen LogP contribution >= 0.6 is 15.9 Å². The first-order valence-electron chi connectivity index (χ1n) is 13.3. The van der Waals surface area contributed by atoms with E-state index < -0.39 is 0 Å². The standard InChI is InChI=1S/C34H25BrN4/c1-19-33(26-8-4-5-9-31(26)38-19)32-16-29-28-15-22(36-17-20-18-37-30-13-10-21(35)14-27(20)30)11-12-24(28)23-6-2-3-7-25(23)34(29)39-32/h2-15,18,36-38H,16-17H2,1H3. The van der Waals surface area contributed by atoms with Crippen LogP contribution in [0.4, 0.5) is 11.4 Å². The minimum absolute atomic E-state index is 0.744. The van der Waals surface area contributed by atoms with E-state index in [-0.39, 0.29) is 0 Å². The average Bonchev–Trinajstić information content (AvgIpc) is 3.66. The van der Waals surface area contributed by atoms with Gasteiger partial charge in [0, 0.05) is 67.8 Å². The minimum Gasteiger partial charge on any atom is -0.381 e. The topological polar surface area (TPSA) is 56.0 Å². The van der Waals surface area contributed by atoms with Gasteiger partial charge in [0.15, 0.2) is 0 Å². The molecule has 0 bridgehead atoms. The summed E-state index contributed by atoms with van der Waals surface area (Å²) in [5, 5.41) is 11.2. The van der Waals surface area contributed by atoms with Gasteiger partial charge >= 0.3 is 0 Å². The number of hydrogen-bond donors (Lipinski definition) is 3. The van der Waals surface area contributed by atoms with E-state index in [0.717, 1.165) is 45.6 Å². The molecule has 4 nitrogen and oxygen atoms in total. The van der Waals surface area contributed by atoms with E-state index in [1.54, 1.807) is 0 Å². The number of halogens is 1. The SMILES string of the molecule is Cc1[nH]c2ccccc2c1C1=Nc2c(c3cc(NCc4c[nH]c5ccc(Br)cc45)ccc3c3ccccc23)C1. The summed E-state index contributed by atoms with van der Waals surface area (Å²) in [6.07, 6.45) is 2.92. The van der Waals surface area contributed by atoms with E-state index in [9.17, 15) is 0 Å². The van der Waals surface area contributed by atoms with Crippen LogP contribution in [0.25, 0.3) is 43.4 Å². The van der Waals surface area contributed by atoms with Crippen LogP contribution in [0.5, 0.6) is 0 Å². The Labute approximate surface area is 233 Å². The summed E-state index contributed by atoms with van der Waals surface area (Å²) in [6.45, 7) is 2.90. The Morgan fingerprint density at radius 1 is 0.795 bits per heavy atom. The summed E-state index contributed by atoms with van der Waals surface area (Å²) in [7, 11) is 0. The third-order valence-corrected chi connectivity index (χ3v) is 8.58. The summed E-state index contributed by atoms with van der Waals surface area (Å²) in [4.78, 5) is 12.3. The van der Waals surface area contributed by atoms with Gasteiger partial charge in [0.05, 0.1) is 11.4 Å². The average molecular weight is 570 g/mol. The van der Waals surface area contributed by atoms with E-state index in [2.05, 4.69) is 129 Å². The van der Waals surface area contributed by atoms with Crippen LogP contribution in [-0.4, -0.2) is 15.7 Å². The maximum absolute atomic E-state index is 5.31. The fourth-order valence-electron chi connectivity index (χ4n) is 6.29. The molecule has 0 atom stereocenters. The van der Waals surface area contributed by atoms with Crippen LogP contribution in [0.2, 0.25) is 0 Å². The van der Waals surface area contributed by atoms with Gasteiger partial charge in [0.1, 0.15) is 0 Å². The van der Waals surface area contributed by atoms with Gasteiger partial charge in [-0.1, -0.05) is 64.5 Å². The van der Waals surface area contributed by atoms with Gasteiger partial charge in [-0.3, -0.25) is 4.99 Å². The number of aromatic amines is 2. The molecule has 8 rings (SSSR count). The van der Waals surface area contributed by atoms with Crippen molar-refractivity contribution in [2.75, 3.05) is 5.32 Å². The molecule has 2 aromatic heterocycles. The Morgan fingerprint density at radius 3 is 2.49 bits per heavy atom. The fraction of sp³-hybridized carbons (Fsp3) is 0.0882. The third-order valence-electron chi connectivity index (χ3n) is 8.09. The first-order valence-corrected chi connectivity index (χ1v) is 14.1. The highest BCUT2D eigenvalue weighted by Crippen LogP contribution is 2.44. The molecule has 0 saturated heterocycles. The molecule has 1 aliphatic heterocycles. The highest BCUT2D eigenvalue weighted by atomic mass is 79.9. The number of hydrogen-bond acceptors (Lipinski definition) is 2. The van der Waals surface area contributed by atoms with Gasteiger partial charge < -0.3 is 15.3 Å². The van der Waals surface area contributed by atoms with Crippen molar-refractivity contribution < 1.29 is 0 Å². The maximum atomic E-state index is 5.31. The molecular formula is C34H25BrN4. The number of benzene rings is 5. The third kappa shape index (κ3) is 3.53. The molecule has 5 heteroatoms. The van der Waals surface area contributed by atoms with Crippen molar-refractivity contribution in [2.45, 2.75) is 19.9 Å². The number of para-hydroxylation sites is 1. The molecule has 0 unspecified atom stereocenters. The van der Waals surface area contributed by atoms with Gasteiger partial charge in [-0.2, -0.15) is 0 Å². The van der Waals surface area contributed by atoms with Crippen LogP contribution in [0.1, 0.15) is 22.4 Å². The lowest BCUT2D eigenvalue weighted by Gasteiger charge is -2.13. The van der Waals surface area contributed by atoms with E-state index >= 15 is 0 Å². The molecule has 1 aliphatic rings. The first kappa shape index (κ1) is 22.6. The zero-order chi connectivity index (χ0) is 26.1. The van der Waals surface area contributed by atoms with Crippen LogP contribution in [-0.2, 0) is 13.0 Å². The number of anilines is 1. The smallest absolute Gasteiger partial charge is 0.0754 e. The number of aliphatic imine (C=N–C) groups is 1. The number of rotatable bonds is 4. The van der Waals surface area contributed by atoms with Gasteiger partial charge in [-0.05, 0) is 70.6 Å². The predicted octanol–water partition coefficient (Wildman–Crippen LogP) is 9.32. The molecule has 0 amide bonds. The number of nitrogens with one attached hydrogen (secondary N) is 3. The van der Waals surface area contributed by atoms with Crippen molar-refractivity contribution in [2.24, 2.45) is 4.99 Å². The Morgan fingerprint density at radius 2 is 1.59 bits per heavy atom. The second kappa shape index (κ2) is 8.58. The summed E-state index contributed by atoms with van der Waals surface area (Å²) < 4.78 is 1.09. The van der Waals surface area contributed by atoms with Crippen molar-refractivity contribution in [3.63, 3.8) is 0 Å². The monoisotopic (exact) mass is 568 g/mol. The van der Waals surface area contributed by atoms with Gasteiger partial charge in [0.25, 0.3) is 0 Å². The molecule has 3 heterocycles. The van der Waals surface area contributed by atoms with Crippen molar-refractivity contribution in [3.8, 4) is 0 Å². The molecule has 7 aromatic rings. The zero-order valence-corrected chi connectivity index (χ0v) is 23.0. The number of H-pyrrole nitrogens is 2. The molecule has 39 heavy (non-hydrogen) atoms. The van der Waals surface area contributed by atoms with Crippen molar-refractivity contribution >= 4 is 76.4 Å². The molecule has 0 spiro atoms. The van der Waals surface area contributed by atoms with E-state index in [1.165, 1.54) is 54.7 Å². The summed E-state index contributed by atoms with van der Waals surface area (Å²) in [6, 6.07) is 30.3. The second-order valence-corrected chi connectivity index (χ2v) is 11.3. The van der Waals surface area contributed by atoms with Crippen LogP contribution in [0.3, 0.4) is 0 Å². The van der Waals surface area contributed by atoms with Gasteiger partial charge in [0.2, 0.25) is 0 Å². The molecule has 0 saturated carbocycles. The maximum Gasteiger partial charge on any atom is 0.0754 e. The van der Waals surface area contributed by atoms with Crippen molar-refractivity contribution in [1.82, 2.24) is 9.97 Å². The molecule has 0 radical (unpaired) electrons. The van der Waals surface area contributed by atoms with E-state index in [4.69, 9.17) is 4.99 Å². The Bertz CT molecular complexity index is 2130. The lowest BCUT2D eigenvalue weighted by molar-refractivity contribution is 1.16. The van der Waals surface area contributed by atoms with Crippen molar-refractivity contribution in [3.05, 3.63) is 118 Å². The van der Waals surface area contributed by atoms with E-state index in [1.807, 2.05) is 0 Å². The summed E-state index contributed by atoms with van der Waals surface area (Å²) in [5.74, 6) is 0. The predicted molar refractivity (Wildman–Crippen MR) is 168 cm³/mol. The van der Waals surface area contributed by atoms with Crippen molar-refractivity contribution in [1.29, 1.82) is 0 Å². The number of nitrogens with zero attached hydrogens (tertiary/aromatic N) is 1. The van der Waals surface area contributed by atoms with E-state index in [0.29, 0.717) is 0 Å². The van der Waals surface area contributed by atoms with Gasteiger partial charge in [-0.15, -0.1) is 0 Å². The Kier molecular flexibility index (Phi) is 4.98. The molecular weight excluding hydrogens is 544 g/mol. The largest absolute Gasteiger partial charge is 0.381 e. The van der Waals surface area contributed by atoms with Crippen LogP contribution in [0, 0.1) is 6.92 Å². The molecule has 0 fully saturated rings. The fourth-order valence-corrected chi connectivity index (χ4v) is 6.65. The highest BCUT2D eigenvalue weighted by Gasteiger charge is 2.25. The molecule has 188 valence electrons. The minimum atomic E-state index is 0.744. The lowest BCUT2D eigenvalue weighted by Crippen LogP contribution is -2.02. The zero-order valence-electron chi connectivity index (χ0n) is 21.4. The lowest BCUT2D eigenvalue weighted by atomic mass is 9.92. The molecule has 5 aromatic carbocycles. The summed E-state index contributed by atoms with van der Waals surface area (Å²) >= 11 is 3.61. The van der Waals surface area contributed by atoms with Gasteiger partial charge in [-0.25, -0.2) is 0 Å². The normalized spacial score (nSPS) is 13.0. The first-order chi connectivity index (χ1) is 19.1. The number of aromatic nitrogens is 2. The summed E-state index contributed by atoms with van der Waals surface area (Å²) in [5.41, 5.74) is 10.6.